The summed E-state index contributed by atoms with van der Waals surface area (Å²) in [6.45, 7) is 7.52. The molecule has 1 saturated heterocycles. The van der Waals surface area contributed by atoms with Gasteiger partial charge in [-0.2, -0.15) is 0 Å². The monoisotopic (exact) mass is 319 g/mol. The molecule has 21 heavy (non-hydrogen) atoms. The maximum absolute atomic E-state index is 12.0. The van der Waals surface area contributed by atoms with Crippen LogP contribution in [0.3, 0.4) is 0 Å². The Balaban J connectivity index is 2.40. The van der Waals surface area contributed by atoms with Crippen molar-refractivity contribution in [1.82, 2.24) is 9.62 Å². The van der Waals surface area contributed by atoms with E-state index in [4.69, 9.17) is 5.73 Å². The molecule has 1 amide bonds. The Labute approximate surface area is 128 Å². The molecule has 0 radical (unpaired) electrons. The lowest BCUT2D eigenvalue weighted by atomic mass is 9.88. The average Bonchev–Trinajstić information content (AvgIpc) is 2.92. The van der Waals surface area contributed by atoms with Crippen LogP contribution in [0.15, 0.2) is 0 Å². The summed E-state index contributed by atoms with van der Waals surface area (Å²) in [5, 5.41) is 2.93. The number of nitrogens with two attached hydrogens (primary N) is 1. The van der Waals surface area contributed by atoms with Crippen molar-refractivity contribution in [2.24, 2.45) is 11.7 Å². The maximum atomic E-state index is 12.0. The Morgan fingerprint density at radius 3 is 2.38 bits per heavy atom. The molecule has 1 aliphatic heterocycles. The largest absolute Gasteiger partial charge is 0.349 e. The number of hydrogen-bond donors (Lipinski definition) is 2. The van der Waals surface area contributed by atoms with E-state index in [1.807, 2.05) is 20.8 Å². The quantitative estimate of drug-likeness (QED) is 0.688. The fraction of sp³-hybridized carbons (Fsp3) is 0.929. The zero-order chi connectivity index (χ0) is 16.1. The van der Waals surface area contributed by atoms with E-state index in [0.29, 0.717) is 26.1 Å². The number of carbonyl (C=O) groups excluding carboxylic acids is 1. The average molecular weight is 319 g/mol. The van der Waals surface area contributed by atoms with E-state index < -0.39 is 15.6 Å². The van der Waals surface area contributed by atoms with Crippen molar-refractivity contribution in [3.8, 4) is 0 Å². The van der Waals surface area contributed by atoms with Gasteiger partial charge in [0.05, 0.1) is 11.3 Å². The van der Waals surface area contributed by atoms with Gasteiger partial charge in [0.15, 0.2) is 0 Å². The Bertz CT molecular complexity index is 444. The van der Waals surface area contributed by atoms with Crippen LogP contribution in [-0.2, 0) is 14.8 Å². The third-order valence-corrected chi connectivity index (χ3v) is 6.34. The molecular formula is C14H29N3O3S. The number of sulfonamides is 1. The lowest BCUT2D eigenvalue weighted by Crippen LogP contribution is -2.55. The van der Waals surface area contributed by atoms with Crippen molar-refractivity contribution >= 4 is 15.9 Å². The van der Waals surface area contributed by atoms with Crippen LogP contribution in [0, 0.1) is 5.92 Å². The van der Waals surface area contributed by atoms with Crippen LogP contribution in [0.25, 0.3) is 0 Å². The molecule has 0 aromatic rings. The van der Waals surface area contributed by atoms with Gasteiger partial charge in [-0.05, 0) is 32.1 Å². The number of rotatable bonds is 8. The molecule has 1 atom stereocenters. The molecule has 1 unspecified atom stereocenters. The summed E-state index contributed by atoms with van der Waals surface area (Å²) in [6, 6.07) is 0. The van der Waals surface area contributed by atoms with Crippen molar-refractivity contribution in [2.75, 3.05) is 25.4 Å². The number of nitrogens with one attached hydrogen (secondary N) is 1. The zero-order valence-electron chi connectivity index (χ0n) is 13.4. The van der Waals surface area contributed by atoms with Gasteiger partial charge in [0.1, 0.15) is 0 Å². The minimum absolute atomic E-state index is 0.0431. The molecule has 0 saturated carbocycles. The fourth-order valence-electron chi connectivity index (χ4n) is 2.32. The van der Waals surface area contributed by atoms with E-state index in [2.05, 4.69) is 5.32 Å². The maximum Gasteiger partial charge on any atom is 0.220 e. The van der Waals surface area contributed by atoms with E-state index >= 15 is 0 Å². The van der Waals surface area contributed by atoms with Gasteiger partial charge in [-0.15, -0.1) is 0 Å². The van der Waals surface area contributed by atoms with Gasteiger partial charge < -0.3 is 11.1 Å². The molecule has 7 heteroatoms. The van der Waals surface area contributed by atoms with Crippen molar-refractivity contribution < 1.29 is 13.2 Å². The van der Waals surface area contributed by atoms with E-state index in [9.17, 15) is 13.2 Å². The van der Waals surface area contributed by atoms with Crippen LogP contribution in [0.5, 0.6) is 0 Å². The molecule has 1 aliphatic rings. The van der Waals surface area contributed by atoms with E-state index in [1.54, 1.807) is 0 Å². The van der Waals surface area contributed by atoms with Crippen LogP contribution in [-0.4, -0.2) is 49.6 Å². The highest BCUT2D eigenvalue weighted by molar-refractivity contribution is 7.89. The highest BCUT2D eigenvalue weighted by Crippen LogP contribution is 2.16. The van der Waals surface area contributed by atoms with Crippen LogP contribution in [0.4, 0.5) is 0 Å². The van der Waals surface area contributed by atoms with Crippen LogP contribution >= 0.6 is 0 Å². The molecule has 0 spiro atoms. The molecular weight excluding hydrogens is 290 g/mol. The van der Waals surface area contributed by atoms with Crippen LogP contribution < -0.4 is 11.1 Å². The minimum atomic E-state index is -3.19. The first-order valence-electron chi connectivity index (χ1n) is 7.70. The second-order valence-corrected chi connectivity index (χ2v) is 8.44. The van der Waals surface area contributed by atoms with Crippen molar-refractivity contribution in [3.63, 3.8) is 0 Å². The second-order valence-electron chi connectivity index (χ2n) is 6.35. The molecule has 0 aromatic heterocycles. The minimum Gasteiger partial charge on any atom is -0.349 e. The molecule has 3 N–H and O–H groups in total. The summed E-state index contributed by atoms with van der Waals surface area (Å²) in [5.41, 5.74) is 5.28. The molecule has 1 fully saturated rings. The van der Waals surface area contributed by atoms with Crippen LogP contribution in [0.2, 0.25) is 0 Å². The third kappa shape index (κ3) is 5.23. The Hall–Kier alpha value is -0.660. The van der Waals surface area contributed by atoms with Crippen molar-refractivity contribution in [3.05, 3.63) is 0 Å². The highest BCUT2D eigenvalue weighted by atomic mass is 32.2. The fourth-order valence-corrected chi connectivity index (χ4v) is 3.90. The molecule has 1 rings (SSSR count). The van der Waals surface area contributed by atoms with E-state index in [0.717, 1.165) is 12.8 Å². The van der Waals surface area contributed by atoms with E-state index in [-0.39, 0.29) is 24.0 Å². The summed E-state index contributed by atoms with van der Waals surface area (Å²) < 4.78 is 25.6. The molecule has 0 bridgehead atoms. The Kier molecular flexibility index (Phi) is 6.62. The number of carbonyl (C=O) groups is 1. The van der Waals surface area contributed by atoms with E-state index in [1.165, 1.54) is 4.31 Å². The number of hydrogen-bond acceptors (Lipinski definition) is 4. The van der Waals surface area contributed by atoms with Gasteiger partial charge in [-0.25, -0.2) is 12.7 Å². The summed E-state index contributed by atoms with van der Waals surface area (Å²) in [5.74, 6) is 0.134. The predicted molar refractivity (Wildman–Crippen MR) is 84.3 cm³/mol. The zero-order valence-corrected chi connectivity index (χ0v) is 14.2. The molecule has 6 nitrogen and oxygen atoms in total. The number of nitrogens with zero attached hydrogens (tertiary/aromatic N) is 1. The summed E-state index contributed by atoms with van der Waals surface area (Å²) >= 11 is 0. The Morgan fingerprint density at radius 1 is 1.33 bits per heavy atom. The lowest BCUT2D eigenvalue weighted by Gasteiger charge is -2.33. The van der Waals surface area contributed by atoms with Gasteiger partial charge >= 0.3 is 0 Å². The predicted octanol–water partition coefficient (Wildman–Crippen LogP) is 0.682. The lowest BCUT2D eigenvalue weighted by molar-refractivity contribution is -0.123. The summed E-state index contributed by atoms with van der Waals surface area (Å²) in [6.07, 6.45) is 2.44. The smallest absolute Gasteiger partial charge is 0.220 e. The van der Waals surface area contributed by atoms with Crippen molar-refractivity contribution in [1.29, 1.82) is 0 Å². The van der Waals surface area contributed by atoms with Gasteiger partial charge in [-0.1, -0.05) is 13.8 Å². The van der Waals surface area contributed by atoms with Gasteiger partial charge in [0.2, 0.25) is 15.9 Å². The first-order chi connectivity index (χ1) is 9.71. The number of amides is 1. The SMILES string of the molecule is CC(C)C(C)(CN)NC(=O)CCCS(=O)(=O)N1CCCC1. The summed E-state index contributed by atoms with van der Waals surface area (Å²) in [4.78, 5) is 12.0. The highest BCUT2D eigenvalue weighted by Gasteiger charge is 2.29. The Morgan fingerprint density at radius 2 is 1.90 bits per heavy atom. The molecule has 1 heterocycles. The third-order valence-electron chi connectivity index (χ3n) is 4.39. The van der Waals surface area contributed by atoms with Crippen molar-refractivity contribution in [2.45, 2.75) is 52.0 Å². The first-order valence-corrected chi connectivity index (χ1v) is 9.31. The van der Waals surface area contributed by atoms with Gasteiger partial charge in [0.25, 0.3) is 0 Å². The molecule has 0 aromatic carbocycles. The molecule has 124 valence electrons. The first kappa shape index (κ1) is 18.4. The standard InChI is InChI=1S/C14H29N3O3S/c1-12(2)14(3,11-15)16-13(18)7-6-10-21(19,20)17-8-4-5-9-17/h12H,4-11,15H2,1-3H3,(H,16,18). The van der Waals surface area contributed by atoms with Gasteiger partial charge in [-0.3, -0.25) is 4.79 Å². The normalized spacial score (nSPS) is 19.7. The second kappa shape index (κ2) is 7.56. The van der Waals surface area contributed by atoms with Crippen LogP contribution in [0.1, 0.15) is 46.5 Å². The molecule has 0 aliphatic carbocycles. The topological polar surface area (TPSA) is 92.5 Å². The summed E-state index contributed by atoms with van der Waals surface area (Å²) in [7, 11) is -3.19. The van der Waals surface area contributed by atoms with Gasteiger partial charge in [0, 0.05) is 26.1 Å².